The van der Waals surface area contributed by atoms with Gasteiger partial charge in [-0.15, -0.1) is 0 Å². The van der Waals surface area contributed by atoms with Crippen LogP contribution in [0.4, 0.5) is 24.7 Å². The van der Waals surface area contributed by atoms with Crippen molar-refractivity contribution in [2.45, 2.75) is 19.5 Å². The van der Waals surface area contributed by atoms with E-state index < -0.39 is 17.5 Å². The van der Waals surface area contributed by atoms with Crippen LogP contribution in [0, 0.1) is 17.0 Å². The quantitative estimate of drug-likeness (QED) is 0.679. The molecule has 1 N–H and O–H groups in total. The molecule has 0 aliphatic rings. The number of anilines is 1. The van der Waals surface area contributed by atoms with Gasteiger partial charge in [0.25, 0.3) is 5.69 Å². The second-order valence-corrected chi connectivity index (χ2v) is 4.27. The second kappa shape index (κ2) is 5.51. The van der Waals surface area contributed by atoms with Crippen molar-refractivity contribution >= 4 is 27.4 Å². The van der Waals surface area contributed by atoms with Crippen molar-refractivity contribution in [2.24, 2.45) is 0 Å². The third-order valence-electron chi connectivity index (χ3n) is 2.13. The molecule has 18 heavy (non-hydrogen) atoms. The summed E-state index contributed by atoms with van der Waals surface area (Å²) in [6, 6.07) is 0. The number of nitrogens with one attached hydrogen (secondary N) is 1. The molecule has 0 spiro atoms. The molecule has 9 heteroatoms. The first-order valence-electron chi connectivity index (χ1n) is 4.82. The predicted molar refractivity (Wildman–Crippen MR) is 62.5 cm³/mol. The van der Waals surface area contributed by atoms with E-state index in [4.69, 9.17) is 0 Å². The lowest BCUT2D eigenvalue weighted by Crippen LogP contribution is -2.15. The minimum atomic E-state index is -4.25. The molecule has 1 heterocycles. The molecule has 1 aromatic rings. The zero-order valence-corrected chi connectivity index (χ0v) is 10.8. The van der Waals surface area contributed by atoms with E-state index in [1.54, 1.807) is 0 Å². The van der Waals surface area contributed by atoms with Crippen molar-refractivity contribution in [1.82, 2.24) is 4.98 Å². The summed E-state index contributed by atoms with van der Waals surface area (Å²) in [5.74, 6) is 0.155. The Balaban J connectivity index is 2.80. The van der Waals surface area contributed by atoms with Gasteiger partial charge in [0, 0.05) is 12.1 Å². The maximum atomic E-state index is 11.9. The highest BCUT2D eigenvalue weighted by Gasteiger charge is 2.26. The van der Waals surface area contributed by atoms with E-state index >= 15 is 0 Å². The summed E-state index contributed by atoms with van der Waals surface area (Å²) < 4.78 is 36.1. The molecule has 0 fully saturated rings. The molecule has 0 atom stereocenters. The Morgan fingerprint density at radius 1 is 1.56 bits per heavy atom. The topological polar surface area (TPSA) is 68.1 Å². The number of halogens is 4. The summed E-state index contributed by atoms with van der Waals surface area (Å²) in [7, 11) is 0. The van der Waals surface area contributed by atoms with Crippen molar-refractivity contribution in [1.29, 1.82) is 0 Å². The molecule has 1 rings (SSSR count). The van der Waals surface area contributed by atoms with E-state index in [2.05, 4.69) is 26.2 Å². The molecule has 0 aromatic carbocycles. The van der Waals surface area contributed by atoms with Crippen LogP contribution in [0.2, 0.25) is 0 Å². The predicted octanol–water partition coefficient (Wildman–Crippen LogP) is 3.43. The molecule has 0 aliphatic carbocycles. The maximum Gasteiger partial charge on any atom is 0.390 e. The Kier molecular flexibility index (Phi) is 4.49. The van der Waals surface area contributed by atoms with Gasteiger partial charge in [0.2, 0.25) is 0 Å². The first-order chi connectivity index (χ1) is 8.22. The lowest BCUT2D eigenvalue weighted by molar-refractivity contribution is -0.385. The summed E-state index contributed by atoms with van der Waals surface area (Å²) in [5.41, 5.74) is 0.118. The summed E-state index contributed by atoms with van der Waals surface area (Å²) in [6.07, 6.45) is -4.25. The third kappa shape index (κ3) is 3.83. The minimum absolute atomic E-state index is 0.155. The standard InChI is InChI=1S/C9H9BrF3N3O2/c1-5-6(16(17)18)4-15-8(7(5)10)14-3-2-9(11,12)13/h4H,2-3H2,1H3,(H,14,15). The van der Waals surface area contributed by atoms with Gasteiger partial charge in [-0.1, -0.05) is 0 Å². The van der Waals surface area contributed by atoms with Crippen molar-refractivity contribution in [3.63, 3.8) is 0 Å². The lowest BCUT2D eigenvalue weighted by Gasteiger charge is -2.10. The fraction of sp³-hybridized carbons (Fsp3) is 0.444. The molecule has 5 nitrogen and oxygen atoms in total. The Morgan fingerprint density at radius 2 is 2.17 bits per heavy atom. The van der Waals surface area contributed by atoms with Gasteiger partial charge < -0.3 is 5.32 Å². The van der Waals surface area contributed by atoms with Crippen LogP contribution in [0.5, 0.6) is 0 Å². The molecule has 100 valence electrons. The van der Waals surface area contributed by atoms with Crippen LogP contribution >= 0.6 is 15.9 Å². The number of hydrogen-bond donors (Lipinski definition) is 1. The first kappa shape index (κ1) is 14.7. The van der Waals surface area contributed by atoms with Crippen LogP contribution in [-0.4, -0.2) is 22.6 Å². The van der Waals surface area contributed by atoms with Crippen LogP contribution in [0.1, 0.15) is 12.0 Å². The SMILES string of the molecule is Cc1c([N+](=O)[O-])cnc(NCCC(F)(F)F)c1Br. The van der Waals surface area contributed by atoms with Gasteiger partial charge in [0.1, 0.15) is 12.0 Å². The first-order valence-corrected chi connectivity index (χ1v) is 5.62. The molecule has 0 amide bonds. The van der Waals surface area contributed by atoms with Gasteiger partial charge in [-0.2, -0.15) is 13.2 Å². The van der Waals surface area contributed by atoms with Crippen LogP contribution < -0.4 is 5.32 Å². The van der Waals surface area contributed by atoms with Gasteiger partial charge in [0.05, 0.1) is 15.8 Å². The van der Waals surface area contributed by atoms with Crippen LogP contribution in [0.25, 0.3) is 0 Å². The van der Waals surface area contributed by atoms with Gasteiger partial charge in [-0.25, -0.2) is 4.98 Å². The van der Waals surface area contributed by atoms with Gasteiger partial charge >= 0.3 is 6.18 Å². The molecule has 0 aliphatic heterocycles. The molecule has 0 bridgehead atoms. The average molecular weight is 328 g/mol. The number of aromatic nitrogens is 1. The summed E-state index contributed by atoms with van der Waals surface area (Å²) in [4.78, 5) is 13.7. The number of nitro groups is 1. The van der Waals surface area contributed by atoms with Crippen LogP contribution in [-0.2, 0) is 0 Å². The number of nitrogens with zero attached hydrogens (tertiary/aromatic N) is 2. The molecule has 0 unspecified atom stereocenters. The second-order valence-electron chi connectivity index (χ2n) is 3.48. The Bertz CT molecular complexity index is 465. The van der Waals surface area contributed by atoms with E-state index in [-0.39, 0.29) is 18.1 Å². The number of pyridine rings is 1. The van der Waals surface area contributed by atoms with E-state index in [1.165, 1.54) is 6.92 Å². The fourth-order valence-electron chi connectivity index (χ4n) is 1.20. The van der Waals surface area contributed by atoms with Crippen molar-refractivity contribution in [3.8, 4) is 0 Å². The van der Waals surface area contributed by atoms with E-state index in [0.29, 0.717) is 10.0 Å². The highest BCUT2D eigenvalue weighted by molar-refractivity contribution is 9.10. The molecular weight excluding hydrogens is 319 g/mol. The minimum Gasteiger partial charge on any atom is -0.369 e. The summed E-state index contributed by atoms with van der Waals surface area (Å²) >= 11 is 3.07. The molecule has 0 radical (unpaired) electrons. The third-order valence-corrected chi connectivity index (χ3v) is 3.11. The van der Waals surface area contributed by atoms with Gasteiger partial charge in [-0.3, -0.25) is 10.1 Å². The van der Waals surface area contributed by atoms with E-state index in [0.717, 1.165) is 6.20 Å². The molecular formula is C9H9BrF3N3O2. The average Bonchev–Trinajstić information content (AvgIpc) is 2.22. The number of hydrogen-bond acceptors (Lipinski definition) is 4. The molecule has 0 saturated carbocycles. The Hall–Kier alpha value is -1.38. The fourth-order valence-corrected chi connectivity index (χ4v) is 1.64. The largest absolute Gasteiger partial charge is 0.390 e. The highest BCUT2D eigenvalue weighted by Crippen LogP contribution is 2.30. The molecule has 1 aromatic heterocycles. The summed E-state index contributed by atoms with van der Waals surface area (Å²) in [5, 5.41) is 13.1. The smallest absolute Gasteiger partial charge is 0.369 e. The van der Waals surface area contributed by atoms with Gasteiger partial charge in [-0.05, 0) is 22.9 Å². The van der Waals surface area contributed by atoms with E-state index in [1.807, 2.05) is 0 Å². The zero-order chi connectivity index (χ0) is 13.9. The lowest BCUT2D eigenvalue weighted by atomic mass is 10.2. The van der Waals surface area contributed by atoms with Crippen molar-refractivity contribution in [2.75, 3.05) is 11.9 Å². The van der Waals surface area contributed by atoms with Crippen LogP contribution in [0.15, 0.2) is 10.7 Å². The monoisotopic (exact) mass is 327 g/mol. The van der Waals surface area contributed by atoms with Crippen molar-refractivity contribution < 1.29 is 18.1 Å². The number of rotatable bonds is 4. The number of alkyl halides is 3. The van der Waals surface area contributed by atoms with Crippen molar-refractivity contribution in [3.05, 3.63) is 26.3 Å². The van der Waals surface area contributed by atoms with Gasteiger partial charge in [0.15, 0.2) is 0 Å². The Labute approximate surface area is 109 Å². The zero-order valence-electron chi connectivity index (χ0n) is 9.21. The highest BCUT2D eigenvalue weighted by atomic mass is 79.9. The Morgan fingerprint density at radius 3 is 2.67 bits per heavy atom. The van der Waals surface area contributed by atoms with E-state index in [9.17, 15) is 23.3 Å². The normalized spacial score (nSPS) is 11.4. The summed E-state index contributed by atoms with van der Waals surface area (Å²) in [6.45, 7) is 1.14. The van der Waals surface area contributed by atoms with Crippen LogP contribution in [0.3, 0.4) is 0 Å². The molecule has 0 saturated heterocycles. The maximum absolute atomic E-state index is 11.9.